The predicted molar refractivity (Wildman–Crippen MR) is 74.1 cm³/mol. The minimum absolute atomic E-state index is 0.132. The van der Waals surface area contributed by atoms with Crippen molar-refractivity contribution in [2.24, 2.45) is 0 Å². The van der Waals surface area contributed by atoms with Crippen molar-refractivity contribution in [3.05, 3.63) is 0 Å². The predicted octanol–water partition coefficient (Wildman–Crippen LogP) is 1.62. The summed E-state index contributed by atoms with van der Waals surface area (Å²) in [5, 5.41) is 11.7. The van der Waals surface area contributed by atoms with Gasteiger partial charge in [0.05, 0.1) is 12.5 Å². The van der Waals surface area contributed by atoms with Gasteiger partial charge in [0.2, 0.25) is 0 Å². The first-order chi connectivity index (χ1) is 7.96. The monoisotopic (exact) mass is 278 g/mol. The fourth-order valence-corrected chi connectivity index (χ4v) is 1.98. The Kier molecular flexibility index (Phi) is 5.99. The molecule has 2 N–H and O–H groups in total. The molecular weight excluding hydrogens is 254 g/mol. The molecular formula is C12H24NO4S+. The van der Waals surface area contributed by atoms with Gasteiger partial charge in [-0.1, -0.05) is 0 Å². The van der Waals surface area contributed by atoms with Crippen molar-refractivity contribution < 1.29 is 19.4 Å². The average Bonchev–Trinajstić information content (AvgIpc) is 2.11. The molecule has 18 heavy (non-hydrogen) atoms. The SMILES string of the molecule is C[S+](C)CCC(C)(NC(=O)OC(C)(C)C)C(=O)O. The van der Waals surface area contributed by atoms with Gasteiger partial charge in [-0.2, -0.15) is 0 Å². The third kappa shape index (κ3) is 6.74. The minimum atomic E-state index is -1.28. The maximum Gasteiger partial charge on any atom is 0.408 e. The van der Waals surface area contributed by atoms with Gasteiger partial charge in [-0.05, 0) is 38.6 Å². The lowest BCUT2D eigenvalue weighted by molar-refractivity contribution is -0.144. The van der Waals surface area contributed by atoms with Crippen LogP contribution in [0.1, 0.15) is 34.1 Å². The molecule has 0 bridgehead atoms. The van der Waals surface area contributed by atoms with E-state index >= 15 is 0 Å². The summed E-state index contributed by atoms with van der Waals surface area (Å²) in [5.74, 6) is -0.294. The second-order valence-corrected chi connectivity index (χ2v) is 8.08. The van der Waals surface area contributed by atoms with E-state index in [9.17, 15) is 14.7 Å². The number of ether oxygens (including phenoxy) is 1. The number of carboxylic acid groups (broad SMARTS) is 1. The number of hydrogen-bond donors (Lipinski definition) is 2. The molecule has 0 rings (SSSR count). The maximum absolute atomic E-state index is 11.6. The molecule has 1 amide bonds. The summed E-state index contributed by atoms with van der Waals surface area (Å²) < 4.78 is 5.08. The van der Waals surface area contributed by atoms with Crippen LogP contribution in [0.2, 0.25) is 0 Å². The Bertz CT molecular complexity index is 312. The third-order valence-corrected chi connectivity index (χ3v) is 3.28. The van der Waals surface area contributed by atoms with E-state index < -0.39 is 23.2 Å². The van der Waals surface area contributed by atoms with E-state index in [1.54, 1.807) is 20.8 Å². The molecule has 0 aliphatic carbocycles. The zero-order valence-corrected chi connectivity index (χ0v) is 12.8. The van der Waals surface area contributed by atoms with Gasteiger partial charge in [0.25, 0.3) is 0 Å². The Labute approximate surface area is 112 Å². The van der Waals surface area contributed by atoms with E-state index in [1.807, 2.05) is 12.5 Å². The standard InChI is InChI=1S/C12H23NO4S/c1-11(2,3)17-10(16)13-12(4,9(14)15)7-8-18(5)6/h7-8H2,1-6H3,(H-,13,14,15,16)/p+1. The topological polar surface area (TPSA) is 75.6 Å². The van der Waals surface area contributed by atoms with Gasteiger partial charge in [-0.15, -0.1) is 0 Å². The Morgan fingerprint density at radius 1 is 1.22 bits per heavy atom. The molecule has 0 fully saturated rings. The van der Waals surface area contributed by atoms with Crippen LogP contribution < -0.4 is 5.32 Å². The number of hydrogen-bond acceptors (Lipinski definition) is 3. The van der Waals surface area contributed by atoms with Crippen LogP contribution in [0.15, 0.2) is 0 Å². The number of carbonyl (C=O) groups excluding carboxylic acids is 1. The molecule has 1 atom stereocenters. The van der Waals surface area contributed by atoms with Crippen LogP contribution in [0.5, 0.6) is 0 Å². The molecule has 106 valence electrons. The van der Waals surface area contributed by atoms with E-state index in [0.29, 0.717) is 6.42 Å². The number of carbonyl (C=O) groups is 2. The van der Waals surface area contributed by atoms with Crippen molar-refractivity contribution in [2.75, 3.05) is 18.3 Å². The second kappa shape index (κ2) is 6.31. The summed E-state index contributed by atoms with van der Waals surface area (Å²) in [7, 11) is 0.132. The molecule has 0 saturated carbocycles. The van der Waals surface area contributed by atoms with Crippen molar-refractivity contribution >= 4 is 23.0 Å². The summed E-state index contributed by atoms with van der Waals surface area (Å²) in [5.41, 5.74) is -1.91. The Morgan fingerprint density at radius 3 is 2.06 bits per heavy atom. The van der Waals surface area contributed by atoms with E-state index in [1.165, 1.54) is 6.92 Å². The lowest BCUT2D eigenvalue weighted by Crippen LogP contribution is -2.54. The largest absolute Gasteiger partial charge is 0.480 e. The fraction of sp³-hybridized carbons (Fsp3) is 0.833. The van der Waals surface area contributed by atoms with E-state index in [-0.39, 0.29) is 10.9 Å². The molecule has 0 aliphatic rings. The highest BCUT2D eigenvalue weighted by Gasteiger charge is 2.37. The molecule has 1 unspecified atom stereocenters. The number of aliphatic carboxylic acids is 1. The Hall–Kier alpha value is -0.910. The lowest BCUT2D eigenvalue weighted by atomic mass is 10.00. The van der Waals surface area contributed by atoms with Gasteiger partial charge >= 0.3 is 12.1 Å². The van der Waals surface area contributed by atoms with E-state index in [4.69, 9.17) is 4.74 Å². The summed E-state index contributed by atoms with van der Waals surface area (Å²) in [6.45, 7) is 6.71. The number of nitrogens with one attached hydrogen (secondary N) is 1. The van der Waals surface area contributed by atoms with Gasteiger partial charge in [0.15, 0.2) is 0 Å². The van der Waals surface area contributed by atoms with Crippen LogP contribution in [0, 0.1) is 0 Å². The van der Waals surface area contributed by atoms with Crippen LogP contribution in [0.4, 0.5) is 4.79 Å². The Balaban J connectivity index is 4.61. The molecule has 0 spiro atoms. The highest BCUT2D eigenvalue weighted by molar-refractivity contribution is 7.95. The number of rotatable bonds is 5. The molecule has 0 saturated heterocycles. The van der Waals surface area contributed by atoms with Crippen LogP contribution in [0.3, 0.4) is 0 Å². The number of amides is 1. The van der Waals surface area contributed by atoms with Crippen molar-refractivity contribution in [2.45, 2.75) is 45.3 Å². The van der Waals surface area contributed by atoms with Crippen molar-refractivity contribution in [1.82, 2.24) is 5.32 Å². The third-order valence-electron chi connectivity index (χ3n) is 2.26. The fourth-order valence-electron chi connectivity index (χ4n) is 1.16. The summed E-state index contributed by atoms with van der Waals surface area (Å²) in [4.78, 5) is 22.9. The molecule has 0 aromatic rings. The highest BCUT2D eigenvalue weighted by Crippen LogP contribution is 2.14. The number of carboxylic acids is 1. The van der Waals surface area contributed by atoms with Crippen LogP contribution in [0.25, 0.3) is 0 Å². The molecule has 0 aromatic heterocycles. The van der Waals surface area contributed by atoms with Crippen molar-refractivity contribution in [3.8, 4) is 0 Å². The summed E-state index contributed by atoms with van der Waals surface area (Å²) in [6, 6.07) is 0. The molecule has 0 radical (unpaired) electrons. The molecule has 0 aliphatic heterocycles. The molecule has 0 heterocycles. The van der Waals surface area contributed by atoms with E-state index in [0.717, 1.165) is 5.75 Å². The van der Waals surface area contributed by atoms with Crippen LogP contribution in [-0.2, 0) is 20.4 Å². The average molecular weight is 278 g/mol. The zero-order chi connectivity index (χ0) is 14.6. The summed E-state index contributed by atoms with van der Waals surface area (Å²) >= 11 is 0. The second-order valence-electron chi connectivity index (χ2n) is 5.70. The molecule has 5 nitrogen and oxygen atoms in total. The van der Waals surface area contributed by atoms with Gasteiger partial charge in [0, 0.05) is 6.42 Å². The quantitative estimate of drug-likeness (QED) is 0.749. The lowest BCUT2D eigenvalue weighted by Gasteiger charge is -2.27. The molecule has 0 aromatic carbocycles. The first-order valence-corrected chi connectivity index (χ1v) is 7.96. The normalized spacial score (nSPS) is 15.1. The molecule has 6 heteroatoms. The highest BCUT2D eigenvalue weighted by atomic mass is 32.2. The first-order valence-electron chi connectivity index (χ1n) is 5.75. The van der Waals surface area contributed by atoms with Crippen molar-refractivity contribution in [3.63, 3.8) is 0 Å². The van der Waals surface area contributed by atoms with Gasteiger partial charge in [0.1, 0.15) is 16.9 Å². The first kappa shape index (κ1) is 17.1. The zero-order valence-electron chi connectivity index (χ0n) is 12.0. The van der Waals surface area contributed by atoms with Gasteiger partial charge in [-0.25, -0.2) is 9.59 Å². The minimum Gasteiger partial charge on any atom is -0.480 e. The van der Waals surface area contributed by atoms with Gasteiger partial charge in [-0.3, -0.25) is 0 Å². The maximum atomic E-state index is 11.6. The number of alkyl carbamates (subject to hydrolysis) is 1. The van der Waals surface area contributed by atoms with Crippen molar-refractivity contribution in [1.29, 1.82) is 0 Å². The smallest absolute Gasteiger partial charge is 0.408 e. The van der Waals surface area contributed by atoms with E-state index in [2.05, 4.69) is 5.32 Å². The Morgan fingerprint density at radius 2 is 1.72 bits per heavy atom. The van der Waals surface area contributed by atoms with Crippen LogP contribution in [-0.4, -0.2) is 46.6 Å². The van der Waals surface area contributed by atoms with Gasteiger partial charge < -0.3 is 15.2 Å². The summed E-state index contributed by atoms with van der Waals surface area (Å²) in [6.07, 6.45) is 3.77. The van der Waals surface area contributed by atoms with Crippen LogP contribution >= 0.6 is 0 Å².